The minimum Gasteiger partial charge on any atom is -0.390 e. The van der Waals surface area contributed by atoms with Gasteiger partial charge in [-0.05, 0) is 40.7 Å². The Kier molecular flexibility index (Phi) is 13.3. The molecule has 1 N–H and O–H groups in total. The van der Waals surface area contributed by atoms with Crippen molar-refractivity contribution in [2.24, 2.45) is 0 Å². The fourth-order valence-electron chi connectivity index (χ4n) is 2.20. The van der Waals surface area contributed by atoms with Crippen LogP contribution in [0.15, 0.2) is 0 Å². The Balaban J connectivity index is 3.95. The lowest BCUT2D eigenvalue weighted by Gasteiger charge is -2.27. The monoisotopic (exact) mass is 305 g/mol. The lowest BCUT2D eigenvalue weighted by molar-refractivity contribution is 0.0543. The van der Waals surface area contributed by atoms with Crippen LogP contribution in [0.4, 0.5) is 0 Å². The molecule has 6 heteroatoms. The van der Waals surface area contributed by atoms with Crippen LogP contribution < -0.4 is 0 Å². The summed E-state index contributed by atoms with van der Waals surface area (Å²) in [6, 6.07) is 0. The van der Waals surface area contributed by atoms with E-state index in [0.29, 0.717) is 26.3 Å². The Morgan fingerprint density at radius 1 is 0.857 bits per heavy atom. The van der Waals surface area contributed by atoms with Crippen molar-refractivity contribution >= 4 is 0 Å². The Bertz CT molecular complexity index is 222. The summed E-state index contributed by atoms with van der Waals surface area (Å²) in [5, 5.41) is 10.2. The maximum absolute atomic E-state index is 10.2. The van der Waals surface area contributed by atoms with Gasteiger partial charge in [-0.2, -0.15) is 0 Å². The van der Waals surface area contributed by atoms with Crippen molar-refractivity contribution in [1.82, 2.24) is 14.7 Å². The summed E-state index contributed by atoms with van der Waals surface area (Å²) in [7, 11) is 9.62. The summed E-state index contributed by atoms with van der Waals surface area (Å²) in [6.45, 7) is 6.43. The number of methoxy groups -OCH3 is 2. The molecule has 0 saturated heterocycles. The molecule has 21 heavy (non-hydrogen) atoms. The zero-order chi connectivity index (χ0) is 16.1. The SMILES string of the molecule is COCCN(CCOC)CC(O)CN(C)CCCN(C)C. The molecule has 0 aliphatic heterocycles. The zero-order valence-corrected chi connectivity index (χ0v) is 14.5. The molecular formula is C15H35N3O3. The van der Waals surface area contributed by atoms with Crippen LogP contribution in [0.2, 0.25) is 0 Å². The number of nitrogens with zero attached hydrogens (tertiary/aromatic N) is 3. The first-order chi connectivity index (χ1) is 9.99. The smallest absolute Gasteiger partial charge is 0.0793 e. The molecule has 0 aromatic carbocycles. The fourth-order valence-corrected chi connectivity index (χ4v) is 2.20. The van der Waals surface area contributed by atoms with Crippen molar-refractivity contribution in [3.63, 3.8) is 0 Å². The highest BCUT2D eigenvalue weighted by Gasteiger charge is 2.13. The second-order valence-corrected chi connectivity index (χ2v) is 5.86. The predicted octanol–water partition coefficient (Wildman–Crippen LogP) is -0.174. The van der Waals surface area contributed by atoms with E-state index < -0.39 is 0 Å². The molecule has 0 heterocycles. The zero-order valence-electron chi connectivity index (χ0n) is 14.5. The van der Waals surface area contributed by atoms with Gasteiger partial charge in [0.15, 0.2) is 0 Å². The van der Waals surface area contributed by atoms with Gasteiger partial charge in [0.05, 0.1) is 19.3 Å². The van der Waals surface area contributed by atoms with E-state index in [2.05, 4.69) is 35.8 Å². The third-order valence-corrected chi connectivity index (χ3v) is 3.36. The molecule has 0 aliphatic carbocycles. The summed E-state index contributed by atoms with van der Waals surface area (Å²) in [6.07, 6.45) is 0.774. The molecular weight excluding hydrogens is 270 g/mol. The highest BCUT2D eigenvalue weighted by molar-refractivity contribution is 4.68. The average molecular weight is 305 g/mol. The second kappa shape index (κ2) is 13.4. The van der Waals surface area contributed by atoms with Gasteiger partial charge in [-0.3, -0.25) is 4.90 Å². The van der Waals surface area contributed by atoms with Gasteiger partial charge in [0.1, 0.15) is 0 Å². The van der Waals surface area contributed by atoms with E-state index in [9.17, 15) is 5.11 Å². The minimum atomic E-state index is -0.344. The van der Waals surface area contributed by atoms with E-state index in [1.807, 2.05) is 0 Å². The first-order valence-corrected chi connectivity index (χ1v) is 7.71. The number of hydrogen-bond acceptors (Lipinski definition) is 6. The molecule has 0 amide bonds. The van der Waals surface area contributed by atoms with E-state index in [-0.39, 0.29) is 6.10 Å². The van der Waals surface area contributed by atoms with Crippen molar-refractivity contribution < 1.29 is 14.6 Å². The minimum absolute atomic E-state index is 0.344. The van der Waals surface area contributed by atoms with Gasteiger partial charge in [0, 0.05) is 40.4 Å². The molecule has 1 unspecified atom stereocenters. The average Bonchev–Trinajstić information content (AvgIpc) is 2.41. The standard InChI is InChI=1S/C15H35N3O3/c1-16(2)7-6-8-17(3)13-15(19)14-18(9-11-20-4)10-12-21-5/h15,19H,6-14H2,1-5H3. The first kappa shape index (κ1) is 20.8. The van der Waals surface area contributed by atoms with E-state index >= 15 is 0 Å². The van der Waals surface area contributed by atoms with Gasteiger partial charge in [-0.25, -0.2) is 0 Å². The van der Waals surface area contributed by atoms with Crippen molar-refractivity contribution in [3.05, 3.63) is 0 Å². The maximum Gasteiger partial charge on any atom is 0.0793 e. The maximum atomic E-state index is 10.2. The van der Waals surface area contributed by atoms with Crippen LogP contribution in [0, 0.1) is 0 Å². The van der Waals surface area contributed by atoms with Crippen LogP contribution in [-0.4, -0.2) is 114 Å². The van der Waals surface area contributed by atoms with Gasteiger partial charge >= 0.3 is 0 Å². The molecule has 0 rings (SSSR count). The van der Waals surface area contributed by atoms with E-state index in [0.717, 1.165) is 32.6 Å². The van der Waals surface area contributed by atoms with E-state index in [1.54, 1.807) is 14.2 Å². The van der Waals surface area contributed by atoms with Crippen LogP contribution in [-0.2, 0) is 9.47 Å². The Morgan fingerprint density at radius 3 is 1.90 bits per heavy atom. The van der Waals surface area contributed by atoms with Gasteiger partial charge < -0.3 is 24.4 Å². The Morgan fingerprint density at radius 2 is 1.43 bits per heavy atom. The summed E-state index contributed by atoms with van der Waals surface area (Å²) in [5.41, 5.74) is 0. The number of ether oxygens (including phenoxy) is 2. The van der Waals surface area contributed by atoms with Gasteiger partial charge in [-0.15, -0.1) is 0 Å². The number of aliphatic hydroxyl groups excluding tert-OH is 1. The topological polar surface area (TPSA) is 48.4 Å². The molecule has 0 bridgehead atoms. The Labute approximate surface area is 130 Å². The summed E-state index contributed by atoms with van der Waals surface area (Å²) >= 11 is 0. The fraction of sp³-hybridized carbons (Fsp3) is 1.00. The summed E-state index contributed by atoms with van der Waals surface area (Å²) in [4.78, 5) is 6.56. The number of rotatable bonds is 14. The molecule has 0 spiro atoms. The number of hydrogen-bond donors (Lipinski definition) is 1. The largest absolute Gasteiger partial charge is 0.390 e. The molecule has 1 atom stereocenters. The molecule has 0 aromatic rings. The quantitative estimate of drug-likeness (QED) is 0.481. The molecule has 0 aromatic heterocycles. The highest BCUT2D eigenvalue weighted by Crippen LogP contribution is 1.98. The third-order valence-electron chi connectivity index (χ3n) is 3.36. The van der Waals surface area contributed by atoms with Gasteiger partial charge in [-0.1, -0.05) is 0 Å². The first-order valence-electron chi connectivity index (χ1n) is 7.71. The lowest BCUT2D eigenvalue weighted by atomic mass is 10.2. The normalized spacial score (nSPS) is 13.6. The molecule has 0 radical (unpaired) electrons. The Hall–Kier alpha value is -0.240. The number of likely N-dealkylation sites (N-methyl/N-ethyl adjacent to an activating group) is 1. The van der Waals surface area contributed by atoms with Crippen LogP contribution in [0.3, 0.4) is 0 Å². The molecule has 0 fully saturated rings. The third kappa shape index (κ3) is 13.2. The molecule has 128 valence electrons. The summed E-state index contributed by atoms with van der Waals surface area (Å²) < 4.78 is 10.2. The van der Waals surface area contributed by atoms with Crippen molar-refractivity contribution in [2.75, 3.05) is 87.8 Å². The predicted molar refractivity (Wildman–Crippen MR) is 86.9 cm³/mol. The van der Waals surface area contributed by atoms with Crippen LogP contribution in [0.25, 0.3) is 0 Å². The summed E-state index contributed by atoms with van der Waals surface area (Å²) in [5.74, 6) is 0. The molecule has 0 aliphatic rings. The van der Waals surface area contributed by atoms with Crippen LogP contribution >= 0.6 is 0 Å². The van der Waals surface area contributed by atoms with E-state index in [4.69, 9.17) is 9.47 Å². The molecule has 6 nitrogen and oxygen atoms in total. The van der Waals surface area contributed by atoms with Crippen molar-refractivity contribution in [3.8, 4) is 0 Å². The van der Waals surface area contributed by atoms with Gasteiger partial charge in [0.2, 0.25) is 0 Å². The highest BCUT2D eigenvalue weighted by atomic mass is 16.5. The number of aliphatic hydroxyl groups is 1. The second-order valence-electron chi connectivity index (χ2n) is 5.86. The van der Waals surface area contributed by atoms with Gasteiger partial charge in [0.25, 0.3) is 0 Å². The lowest BCUT2D eigenvalue weighted by Crippen LogP contribution is -2.42. The van der Waals surface area contributed by atoms with E-state index in [1.165, 1.54) is 0 Å². The van der Waals surface area contributed by atoms with Crippen molar-refractivity contribution in [1.29, 1.82) is 0 Å². The van der Waals surface area contributed by atoms with Crippen LogP contribution in [0.5, 0.6) is 0 Å². The van der Waals surface area contributed by atoms with Crippen LogP contribution in [0.1, 0.15) is 6.42 Å². The molecule has 0 saturated carbocycles. The van der Waals surface area contributed by atoms with Crippen molar-refractivity contribution in [2.45, 2.75) is 12.5 Å².